The van der Waals surface area contributed by atoms with Gasteiger partial charge in [0.25, 0.3) is 0 Å². The number of carbonyl (C=O) groups is 1. The van der Waals surface area contributed by atoms with Gasteiger partial charge in [0.1, 0.15) is 18.2 Å². The Morgan fingerprint density at radius 3 is 2.70 bits per heavy atom. The predicted molar refractivity (Wildman–Crippen MR) is 111 cm³/mol. The number of pyridine rings is 1. The number of hydrazine groups is 2. The molecular weight excluding hydrogens is 389 g/mol. The Labute approximate surface area is 173 Å². The van der Waals surface area contributed by atoms with Gasteiger partial charge in [-0.2, -0.15) is 0 Å². The van der Waals surface area contributed by atoms with Crippen LogP contribution >= 0.6 is 0 Å². The number of rotatable bonds is 6. The Balaban J connectivity index is 1.87. The number of ether oxygens (including phenoxy) is 2. The van der Waals surface area contributed by atoms with E-state index >= 15 is 0 Å². The second-order valence-electron chi connectivity index (χ2n) is 6.39. The third-order valence-electron chi connectivity index (χ3n) is 4.51. The van der Waals surface area contributed by atoms with Gasteiger partial charge in [-0.3, -0.25) is 5.43 Å². The van der Waals surface area contributed by atoms with E-state index in [1.54, 1.807) is 30.3 Å². The van der Waals surface area contributed by atoms with Crippen LogP contribution in [0, 0.1) is 12.7 Å². The van der Waals surface area contributed by atoms with E-state index in [0.717, 1.165) is 10.6 Å². The van der Waals surface area contributed by atoms with Crippen molar-refractivity contribution in [3.8, 4) is 22.9 Å². The van der Waals surface area contributed by atoms with Crippen LogP contribution in [0.4, 0.5) is 14.9 Å². The lowest BCUT2D eigenvalue weighted by Gasteiger charge is -2.21. The monoisotopic (exact) mass is 411 g/mol. The quantitative estimate of drug-likeness (QED) is 0.326. The SMILES string of the molecule is COc1ccc(F)cc1-c1cccc(OCc2c(C)cccc2N(N)C(=O)NN)n1. The predicted octanol–water partition coefficient (Wildman–Crippen LogP) is 3.05. The molecule has 3 aromatic rings. The molecule has 5 N–H and O–H groups in total. The molecule has 0 spiro atoms. The van der Waals surface area contributed by atoms with E-state index in [1.807, 2.05) is 18.4 Å². The topological polar surface area (TPSA) is 116 Å². The molecule has 2 amide bonds. The zero-order valence-electron chi connectivity index (χ0n) is 16.6. The summed E-state index contributed by atoms with van der Waals surface area (Å²) in [6.45, 7) is 1.97. The van der Waals surface area contributed by atoms with E-state index in [2.05, 4.69) is 4.98 Å². The summed E-state index contributed by atoms with van der Waals surface area (Å²) in [5.41, 5.74) is 5.00. The average Bonchev–Trinajstić information content (AvgIpc) is 2.77. The molecule has 0 saturated heterocycles. The molecule has 0 aliphatic rings. The number of methoxy groups -OCH3 is 1. The molecule has 0 saturated carbocycles. The van der Waals surface area contributed by atoms with Gasteiger partial charge in [0.15, 0.2) is 0 Å². The van der Waals surface area contributed by atoms with E-state index < -0.39 is 11.8 Å². The molecule has 1 aromatic heterocycles. The van der Waals surface area contributed by atoms with Crippen molar-refractivity contribution in [2.24, 2.45) is 11.7 Å². The van der Waals surface area contributed by atoms with Gasteiger partial charge in [0, 0.05) is 17.2 Å². The Bertz CT molecular complexity index is 1060. The number of aromatic nitrogens is 1. The number of hydrogen-bond donors (Lipinski definition) is 3. The first kappa shape index (κ1) is 21.0. The van der Waals surface area contributed by atoms with Crippen LogP contribution in [0.25, 0.3) is 11.3 Å². The van der Waals surface area contributed by atoms with Crippen molar-refractivity contribution >= 4 is 11.7 Å². The minimum atomic E-state index is -0.667. The van der Waals surface area contributed by atoms with E-state index in [4.69, 9.17) is 21.2 Å². The van der Waals surface area contributed by atoms with Crippen LogP contribution in [0.5, 0.6) is 11.6 Å². The molecule has 8 nitrogen and oxygen atoms in total. The van der Waals surface area contributed by atoms with Crippen LogP contribution in [0.3, 0.4) is 0 Å². The van der Waals surface area contributed by atoms with Gasteiger partial charge in [-0.25, -0.2) is 30.9 Å². The Hall–Kier alpha value is -3.69. The highest BCUT2D eigenvalue weighted by Crippen LogP contribution is 2.31. The van der Waals surface area contributed by atoms with Gasteiger partial charge >= 0.3 is 6.03 Å². The van der Waals surface area contributed by atoms with Crippen LogP contribution in [0.15, 0.2) is 54.6 Å². The minimum Gasteiger partial charge on any atom is -0.496 e. The Kier molecular flexibility index (Phi) is 6.45. The maximum absolute atomic E-state index is 13.7. The van der Waals surface area contributed by atoms with Crippen molar-refractivity contribution in [3.63, 3.8) is 0 Å². The summed E-state index contributed by atoms with van der Waals surface area (Å²) >= 11 is 0. The van der Waals surface area contributed by atoms with Crippen molar-refractivity contribution in [1.82, 2.24) is 10.4 Å². The van der Waals surface area contributed by atoms with Gasteiger partial charge in [-0.1, -0.05) is 18.2 Å². The molecule has 0 atom stereocenters. The van der Waals surface area contributed by atoms with Crippen LogP contribution in [-0.2, 0) is 6.61 Å². The molecule has 1 heterocycles. The fourth-order valence-electron chi connectivity index (χ4n) is 2.95. The molecule has 3 rings (SSSR count). The fourth-order valence-corrected chi connectivity index (χ4v) is 2.95. The third kappa shape index (κ3) is 4.48. The molecule has 0 aliphatic heterocycles. The fraction of sp³-hybridized carbons (Fsp3) is 0.143. The van der Waals surface area contributed by atoms with E-state index in [9.17, 15) is 9.18 Å². The maximum atomic E-state index is 13.7. The summed E-state index contributed by atoms with van der Waals surface area (Å²) < 4.78 is 24.9. The van der Waals surface area contributed by atoms with E-state index in [-0.39, 0.29) is 6.61 Å². The third-order valence-corrected chi connectivity index (χ3v) is 4.51. The molecule has 0 radical (unpaired) electrons. The Morgan fingerprint density at radius 2 is 1.97 bits per heavy atom. The van der Waals surface area contributed by atoms with Gasteiger partial charge in [-0.05, 0) is 42.8 Å². The van der Waals surface area contributed by atoms with E-state index in [0.29, 0.717) is 34.1 Å². The van der Waals surface area contributed by atoms with Gasteiger partial charge in [-0.15, -0.1) is 0 Å². The van der Waals surface area contributed by atoms with Crippen LogP contribution in [0.1, 0.15) is 11.1 Å². The lowest BCUT2D eigenvalue weighted by atomic mass is 10.1. The maximum Gasteiger partial charge on any atom is 0.350 e. The summed E-state index contributed by atoms with van der Waals surface area (Å²) in [5, 5.41) is 0.910. The average molecular weight is 411 g/mol. The lowest BCUT2D eigenvalue weighted by Crippen LogP contribution is -2.48. The molecule has 30 heavy (non-hydrogen) atoms. The minimum absolute atomic E-state index is 0.101. The highest BCUT2D eigenvalue weighted by Gasteiger charge is 2.17. The normalized spacial score (nSPS) is 10.4. The molecule has 9 heteroatoms. The summed E-state index contributed by atoms with van der Waals surface area (Å²) in [6.07, 6.45) is 0. The molecule has 0 fully saturated rings. The summed E-state index contributed by atoms with van der Waals surface area (Å²) in [5.74, 6) is 11.4. The second kappa shape index (κ2) is 9.21. The summed E-state index contributed by atoms with van der Waals surface area (Å²) in [6, 6.07) is 14.0. The number of amides is 2. The van der Waals surface area contributed by atoms with Gasteiger partial charge < -0.3 is 9.47 Å². The highest BCUT2D eigenvalue weighted by molar-refractivity contribution is 5.91. The van der Waals surface area contributed by atoms with Crippen molar-refractivity contribution in [1.29, 1.82) is 0 Å². The number of anilines is 1. The molecule has 0 aliphatic carbocycles. The number of nitrogens with zero attached hydrogens (tertiary/aromatic N) is 2. The number of nitrogens with one attached hydrogen (secondary N) is 1. The van der Waals surface area contributed by atoms with Crippen LogP contribution < -0.4 is 31.6 Å². The molecular formula is C21H22FN5O3. The first-order valence-corrected chi connectivity index (χ1v) is 9.02. The van der Waals surface area contributed by atoms with E-state index in [1.165, 1.54) is 25.3 Å². The van der Waals surface area contributed by atoms with Crippen LogP contribution in [0.2, 0.25) is 0 Å². The zero-order valence-corrected chi connectivity index (χ0v) is 16.6. The molecule has 0 bridgehead atoms. The van der Waals surface area contributed by atoms with Gasteiger partial charge in [0.2, 0.25) is 5.88 Å². The first-order valence-electron chi connectivity index (χ1n) is 9.02. The van der Waals surface area contributed by atoms with Crippen molar-refractivity contribution in [2.45, 2.75) is 13.5 Å². The molecule has 2 aromatic carbocycles. The zero-order chi connectivity index (χ0) is 21.7. The number of halogens is 1. The lowest BCUT2D eigenvalue weighted by molar-refractivity contribution is 0.246. The number of hydrogen-bond acceptors (Lipinski definition) is 6. The number of nitrogens with two attached hydrogens (primary N) is 2. The number of carbonyl (C=O) groups excluding carboxylic acids is 1. The number of benzene rings is 2. The highest BCUT2D eigenvalue weighted by atomic mass is 19.1. The largest absolute Gasteiger partial charge is 0.496 e. The summed E-state index contributed by atoms with van der Waals surface area (Å²) in [4.78, 5) is 16.3. The molecule has 156 valence electrons. The van der Waals surface area contributed by atoms with Crippen LogP contribution in [-0.4, -0.2) is 18.1 Å². The first-order chi connectivity index (χ1) is 14.4. The summed E-state index contributed by atoms with van der Waals surface area (Å²) in [7, 11) is 1.51. The van der Waals surface area contributed by atoms with Crippen molar-refractivity contribution in [3.05, 3.63) is 71.5 Å². The van der Waals surface area contributed by atoms with Crippen molar-refractivity contribution < 1.29 is 18.7 Å². The van der Waals surface area contributed by atoms with Gasteiger partial charge in [0.05, 0.1) is 18.5 Å². The second-order valence-corrected chi connectivity index (χ2v) is 6.39. The standard InChI is InChI=1S/C21H22FN5O3/c1-13-5-3-7-18(27(24)21(28)26-23)16(13)12-30-20-8-4-6-17(25-20)15-11-14(22)9-10-19(15)29-2/h3-11H,12,23-24H2,1-2H3,(H,26,28). The number of aryl methyl sites for hydroxylation is 1. The van der Waals surface area contributed by atoms with Crippen molar-refractivity contribution in [2.75, 3.05) is 12.1 Å². The Morgan fingerprint density at radius 1 is 1.20 bits per heavy atom. The molecule has 0 unspecified atom stereocenters. The number of urea groups is 1. The smallest absolute Gasteiger partial charge is 0.350 e.